The van der Waals surface area contributed by atoms with Gasteiger partial charge in [0.2, 0.25) is 5.91 Å². The summed E-state index contributed by atoms with van der Waals surface area (Å²) in [7, 11) is 0. The number of ether oxygens (including phenoxy) is 1. The maximum atomic E-state index is 11.7. The number of nitrogens with one attached hydrogen (secondary N) is 3. The maximum absolute atomic E-state index is 11.7. The molecule has 1 aliphatic heterocycles. The van der Waals surface area contributed by atoms with Crippen LogP contribution in [0.25, 0.3) is 0 Å². The van der Waals surface area contributed by atoms with E-state index in [4.69, 9.17) is 9.73 Å². The number of guanidine groups is 1. The van der Waals surface area contributed by atoms with Gasteiger partial charge in [0.1, 0.15) is 0 Å². The molecule has 144 valence electrons. The Morgan fingerprint density at radius 2 is 1.96 bits per heavy atom. The van der Waals surface area contributed by atoms with Gasteiger partial charge < -0.3 is 20.7 Å². The Morgan fingerprint density at radius 3 is 2.60 bits per heavy atom. The third kappa shape index (κ3) is 7.61. The fourth-order valence-electron chi connectivity index (χ4n) is 2.87. The van der Waals surface area contributed by atoms with Crippen molar-refractivity contribution in [3.05, 3.63) is 0 Å². The number of nitrogens with zero attached hydrogens (tertiary/aromatic N) is 2. The monoisotopic (exact) mass is 353 g/mol. The van der Waals surface area contributed by atoms with Gasteiger partial charge in [0.15, 0.2) is 5.96 Å². The van der Waals surface area contributed by atoms with E-state index >= 15 is 0 Å². The molecule has 0 aromatic heterocycles. The summed E-state index contributed by atoms with van der Waals surface area (Å²) in [5.41, 5.74) is 0.0102. The van der Waals surface area contributed by atoms with Crippen LogP contribution in [0.1, 0.15) is 46.5 Å². The van der Waals surface area contributed by atoms with Gasteiger partial charge in [-0.15, -0.1) is 0 Å². The van der Waals surface area contributed by atoms with Crippen LogP contribution in [-0.4, -0.2) is 74.3 Å². The highest BCUT2D eigenvalue weighted by molar-refractivity contribution is 5.80. The Kier molecular flexibility index (Phi) is 7.96. The van der Waals surface area contributed by atoms with Crippen molar-refractivity contribution in [3.63, 3.8) is 0 Å². The second-order valence-corrected chi connectivity index (χ2v) is 7.48. The molecular formula is C18H35N5O2. The first-order valence-corrected chi connectivity index (χ1v) is 9.65. The van der Waals surface area contributed by atoms with Gasteiger partial charge in [0.25, 0.3) is 0 Å². The lowest BCUT2D eigenvalue weighted by atomic mass is 10.0. The molecule has 0 aromatic rings. The largest absolute Gasteiger partial charge is 0.379 e. The first kappa shape index (κ1) is 20.0. The Morgan fingerprint density at radius 1 is 1.24 bits per heavy atom. The number of amides is 1. The summed E-state index contributed by atoms with van der Waals surface area (Å²) in [5, 5.41) is 9.64. The number of rotatable bonds is 9. The van der Waals surface area contributed by atoms with Crippen molar-refractivity contribution in [2.45, 2.75) is 58.0 Å². The van der Waals surface area contributed by atoms with Gasteiger partial charge in [-0.05, 0) is 40.0 Å². The van der Waals surface area contributed by atoms with E-state index in [0.29, 0.717) is 12.5 Å². The zero-order chi connectivity index (χ0) is 18.1. The first-order chi connectivity index (χ1) is 12.0. The van der Waals surface area contributed by atoms with E-state index in [2.05, 4.69) is 41.6 Å². The van der Waals surface area contributed by atoms with E-state index in [1.165, 1.54) is 0 Å². The van der Waals surface area contributed by atoms with E-state index in [-0.39, 0.29) is 11.4 Å². The van der Waals surface area contributed by atoms with Crippen LogP contribution in [0.4, 0.5) is 0 Å². The second-order valence-electron chi connectivity index (χ2n) is 7.48. The summed E-state index contributed by atoms with van der Waals surface area (Å²) in [6, 6.07) is 0.446. The van der Waals surface area contributed by atoms with E-state index in [9.17, 15) is 4.79 Å². The van der Waals surface area contributed by atoms with E-state index < -0.39 is 0 Å². The molecule has 1 heterocycles. The van der Waals surface area contributed by atoms with Crippen LogP contribution in [0.2, 0.25) is 0 Å². The van der Waals surface area contributed by atoms with Gasteiger partial charge in [-0.2, -0.15) is 0 Å². The van der Waals surface area contributed by atoms with Crippen molar-refractivity contribution >= 4 is 11.9 Å². The Bertz CT molecular complexity index is 443. The van der Waals surface area contributed by atoms with Crippen LogP contribution in [0.3, 0.4) is 0 Å². The molecule has 7 nitrogen and oxygen atoms in total. The predicted molar refractivity (Wildman–Crippen MR) is 101 cm³/mol. The summed E-state index contributed by atoms with van der Waals surface area (Å²) >= 11 is 0. The van der Waals surface area contributed by atoms with Gasteiger partial charge >= 0.3 is 0 Å². The van der Waals surface area contributed by atoms with Gasteiger partial charge in [-0.3, -0.25) is 14.7 Å². The third-order valence-electron chi connectivity index (χ3n) is 4.65. The number of aliphatic imine (C=N–C) groups is 1. The minimum Gasteiger partial charge on any atom is -0.379 e. The first-order valence-electron chi connectivity index (χ1n) is 9.65. The quantitative estimate of drug-likeness (QED) is 0.323. The van der Waals surface area contributed by atoms with Gasteiger partial charge in [0.05, 0.1) is 19.8 Å². The molecule has 0 aromatic carbocycles. The molecule has 2 rings (SSSR count). The summed E-state index contributed by atoms with van der Waals surface area (Å²) < 4.78 is 5.44. The molecule has 0 atom stereocenters. The molecule has 1 amide bonds. The summed E-state index contributed by atoms with van der Waals surface area (Å²) in [6.07, 6.45) is 3.66. The van der Waals surface area contributed by atoms with Gasteiger partial charge in [0, 0.05) is 44.2 Å². The topological polar surface area (TPSA) is 78.0 Å². The van der Waals surface area contributed by atoms with Gasteiger partial charge in [-0.1, -0.05) is 0 Å². The van der Waals surface area contributed by atoms with E-state index in [1.807, 2.05) is 0 Å². The predicted octanol–water partition coefficient (Wildman–Crippen LogP) is 0.711. The average Bonchev–Trinajstić information content (AvgIpc) is 3.41. The summed E-state index contributed by atoms with van der Waals surface area (Å²) in [6.45, 7) is 12.3. The van der Waals surface area contributed by atoms with Crippen LogP contribution in [0.15, 0.2) is 4.99 Å². The molecule has 1 saturated carbocycles. The van der Waals surface area contributed by atoms with Crippen molar-refractivity contribution in [1.82, 2.24) is 20.9 Å². The normalized spacial score (nSPS) is 19.6. The number of carbonyl (C=O) groups excluding carboxylic acids is 1. The maximum Gasteiger partial charge on any atom is 0.220 e. The van der Waals surface area contributed by atoms with Crippen molar-refractivity contribution in [2.24, 2.45) is 4.99 Å². The third-order valence-corrected chi connectivity index (χ3v) is 4.65. The molecule has 1 saturated heterocycles. The van der Waals surface area contributed by atoms with Gasteiger partial charge in [-0.25, -0.2) is 0 Å². The molecule has 2 aliphatic rings. The number of hydrogen-bond donors (Lipinski definition) is 3. The Hall–Kier alpha value is -1.34. The van der Waals surface area contributed by atoms with Crippen molar-refractivity contribution in [3.8, 4) is 0 Å². The Labute approximate surface area is 152 Å². The fourth-order valence-corrected chi connectivity index (χ4v) is 2.87. The van der Waals surface area contributed by atoms with E-state index in [1.54, 1.807) is 0 Å². The molecule has 7 heteroatoms. The van der Waals surface area contributed by atoms with E-state index in [0.717, 1.165) is 71.2 Å². The highest BCUT2D eigenvalue weighted by Crippen LogP contribution is 2.18. The summed E-state index contributed by atoms with van der Waals surface area (Å²) in [4.78, 5) is 18.9. The highest BCUT2D eigenvalue weighted by atomic mass is 16.5. The zero-order valence-electron chi connectivity index (χ0n) is 16.1. The van der Waals surface area contributed by atoms with Crippen LogP contribution < -0.4 is 16.0 Å². The van der Waals surface area contributed by atoms with Crippen LogP contribution in [0.5, 0.6) is 0 Å². The molecule has 1 aliphatic carbocycles. The molecule has 2 fully saturated rings. The van der Waals surface area contributed by atoms with Crippen LogP contribution >= 0.6 is 0 Å². The molecule has 0 unspecified atom stereocenters. The SMILES string of the molecule is CCNC(=NCC(C)(C)N1CCOCC1)NCCCC(=O)NC1CC1. The lowest BCUT2D eigenvalue weighted by Gasteiger charge is -2.39. The number of morpholine rings is 1. The Balaban J connectivity index is 1.71. The number of carbonyl (C=O) groups is 1. The van der Waals surface area contributed by atoms with Crippen LogP contribution in [-0.2, 0) is 9.53 Å². The number of hydrogen-bond acceptors (Lipinski definition) is 4. The molecule has 0 spiro atoms. The highest BCUT2D eigenvalue weighted by Gasteiger charge is 2.28. The molecule has 25 heavy (non-hydrogen) atoms. The molecule has 0 radical (unpaired) electrons. The van der Waals surface area contributed by atoms with Crippen molar-refractivity contribution in [2.75, 3.05) is 45.9 Å². The minimum atomic E-state index is 0.0102. The standard InChI is InChI=1S/C18H35N5O2/c1-4-19-17(20-9-5-6-16(24)22-15-7-8-15)21-14-18(2,3)23-10-12-25-13-11-23/h15H,4-14H2,1-3H3,(H,22,24)(H2,19,20,21). The van der Waals surface area contributed by atoms with Crippen LogP contribution in [0, 0.1) is 0 Å². The summed E-state index contributed by atoms with van der Waals surface area (Å²) in [5.74, 6) is 0.992. The minimum absolute atomic E-state index is 0.0102. The molecular weight excluding hydrogens is 318 g/mol. The smallest absolute Gasteiger partial charge is 0.220 e. The lowest BCUT2D eigenvalue weighted by molar-refractivity contribution is -0.121. The van der Waals surface area contributed by atoms with Crippen molar-refractivity contribution < 1.29 is 9.53 Å². The molecule has 0 bridgehead atoms. The second kappa shape index (κ2) is 9.97. The zero-order valence-corrected chi connectivity index (χ0v) is 16.1. The fraction of sp³-hybridized carbons (Fsp3) is 0.889. The average molecular weight is 354 g/mol. The molecule has 3 N–H and O–H groups in total. The lowest BCUT2D eigenvalue weighted by Crippen LogP contribution is -2.52. The van der Waals surface area contributed by atoms with Crippen molar-refractivity contribution in [1.29, 1.82) is 0 Å².